The molecule has 1 amide bonds. The number of nitriles is 1. The molecule has 0 aromatic carbocycles. The average Bonchev–Trinajstić information content (AvgIpc) is 2.92. The van der Waals surface area contributed by atoms with Gasteiger partial charge in [-0.15, -0.1) is 0 Å². The first-order chi connectivity index (χ1) is 13.6. The summed E-state index contributed by atoms with van der Waals surface area (Å²) in [5.41, 5.74) is 2.78. The Morgan fingerprint density at radius 1 is 1.48 bits per heavy atom. The maximum Gasteiger partial charge on any atom is 0.262 e. The topological polar surface area (TPSA) is 104 Å². The van der Waals surface area contributed by atoms with Gasteiger partial charge in [-0.2, -0.15) is 5.26 Å². The molecule has 1 aromatic heterocycles. The highest BCUT2D eigenvalue weighted by Crippen LogP contribution is 2.23. The monoisotopic (exact) mass is 422 g/mol. The van der Waals surface area contributed by atoms with Crippen molar-refractivity contribution >= 4 is 22.0 Å². The lowest BCUT2D eigenvalue weighted by Gasteiger charge is -2.31. The molecule has 0 saturated carbocycles. The Bertz CT molecular complexity index is 927. The number of methoxy groups -OCH3 is 1. The molecule has 1 N–H and O–H groups in total. The molecule has 0 spiro atoms. The van der Waals surface area contributed by atoms with Crippen molar-refractivity contribution in [2.75, 3.05) is 33.1 Å². The molecule has 0 bridgehead atoms. The van der Waals surface area contributed by atoms with Crippen molar-refractivity contribution in [3.8, 4) is 6.07 Å². The fourth-order valence-corrected chi connectivity index (χ4v) is 4.78. The van der Waals surface area contributed by atoms with Crippen LogP contribution in [-0.2, 0) is 19.6 Å². The van der Waals surface area contributed by atoms with Gasteiger partial charge in [-0.05, 0) is 51.3 Å². The number of aryl methyl sites for hydroxylation is 1. The molecule has 1 aliphatic rings. The zero-order valence-corrected chi connectivity index (χ0v) is 18.5. The normalized spacial score (nSPS) is 19.6. The Hall–Kier alpha value is -2.15. The summed E-state index contributed by atoms with van der Waals surface area (Å²) >= 11 is 0. The second kappa shape index (κ2) is 9.57. The van der Waals surface area contributed by atoms with E-state index in [1.165, 1.54) is 4.31 Å². The number of nitrogens with one attached hydrogen (secondary N) is 1. The maximum atomic E-state index is 12.6. The summed E-state index contributed by atoms with van der Waals surface area (Å²) in [6.45, 7) is 7.21. The summed E-state index contributed by atoms with van der Waals surface area (Å²) in [7, 11) is -1.65. The smallest absolute Gasteiger partial charge is 0.262 e. The van der Waals surface area contributed by atoms with Crippen molar-refractivity contribution in [3.63, 3.8) is 0 Å². The Labute approximate surface area is 173 Å². The standard InChI is InChI=1S/C20H30N4O4S/c1-14-9-17(16(3)24(14)15(2)13-28-4)10-18(11-21)20(25)22-19-7-6-8-23(12-19)29(5,26)27/h9-10,15,19H,6-8,12-13H2,1-5H3,(H,22,25)/b18-10-. The molecule has 0 aliphatic carbocycles. The zero-order chi connectivity index (χ0) is 21.8. The number of rotatable bonds is 7. The maximum absolute atomic E-state index is 12.6. The van der Waals surface area contributed by atoms with Crippen molar-refractivity contribution in [2.24, 2.45) is 0 Å². The predicted molar refractivity (Wildman–Crippen MR) is 112 cm³/mol. The molecule has 0 radical (unpaired) electrons. The largest absolute Gasteiger partial charge is 0.383 e. The number of sulfonamides is 1. The van der Waals surface area contributed by atoms with Crippen molar-refractivity contribution < 1.29 is 17.9 Å². The van der Waals surface area contributed by atoms with Gasteiger partial charge in [0.2, 0.25) is 10.0 Å². The molecule has 29 heavy (non-hydrogen) atoms. The van der Waals surface area contributed by atoms with Crippen molar-refractivity contribution in [1.29, 1.82) is 5.26 Å². The number of carbonyl (C=O) groups is 1. The Morgan fingerprint density at radius 2 is 2.17 bits per heavy atom. The molecule has 1 aromatic rings. The Morgan fingerprint density at radius 3 is 2.76 bits per heavy atom. The Kier molecular flexibility index (Phi) is 7.63. The van der Waals surface area contributed by atoms with E-state index in [1.54, 1.807) is 13.2 Å². The van der Waals surface area contributed by atoms with Crippen LogP contribution in [0.1, 0.15) is 42.8 Å². The quantitative estimate of drug-likeness (QED) is 0.533. The van der Waals surface area contributed by atoms with Crippen LogP contribution >= 0.6 is 0 Å². The van der Waals surface area contributed by atoms with Crippen LogP contribution in [0, 0.1) is 25.2 Å². The SMILES string of the molecule is COCC(C)n1c(C)cc(/C=C(/C#N)C(=O)NC2CCCN(S(C)(=O)=O)C2)c1C. The van der Waals surface area contributed by atoms with Crippen LogP contribution in [0.25, 0.3) is 6.08 Å². The molecular weight excluding hydrogens is 392 g/mol. The van der Waals surface area contributed by atoms with E-state index in [-0.39, 0.29) is 24.2 Å². The number of piperidine rings is 1. The average molecular weight is 423 g/mol. The van der Waals surface area contributed by atoms with Crippen molar-refractivity contribution in [2.45, 2.75) is 45.7 Å². The molecule has 2 atom stereocenters. The van der Waals surface area contributed by atoms with Crippen LogP contribution < -0.4 is 5.32 Å². The van der Waals surface area contributed by atoms with Gasteiger partial charge in [0.15, 0.2) is 0 Å². The van der Waals surface area contributed by atoms with E-state index in [0.29, 0.717) is 26.0 Å². The van der Waals surface area contributed by atoms with Gasteiger partial charge in [-0.1, -0.05) is 0 Å². The Balaban J connectivity index is 2.19. The van der Waals surface area contributed by atoms with Gasteiger partial charge in [0, 0.05) is 37.6 Å². The molecule has 2 rings (SSSR count). The molecule has 9 heteroatoms. The van der Waals surface area contributed by atoms with E-state index in [2.05, 4.69) is 9.88 Å². The van der Waals surface area contributed by atoms with Gasteiger partial charge in [0.05, 0.1) is 18.9 Å². The van der Waals surface area contributed by atoms with Crippen LogP contribution in [0.4, 0.5) is 0 Å². The highest BCUT2D eigenvalue weighted by Gasteiger charge is 2.27. The molecule has 8 nitrogen and oxygen atoms in total. The van der Waals surface area contributed by atoms with Gasteiger partial charge in [-0.3, -0.25) is 4.79 Å². The fourth-order valence-electron chi connectivity index (χ4n) is 3.87. The zero-order valence-electron chi connectivity index (χ0n) is 17.7. The minimum Gasteiger partial charge on any atom is -0.383 e. The first kappa shape index (κ1) is 23.1. The lowest BCUT2D eigenvalue weighted by atomic mass is 10.1. The van der Waals surface area contributed by atoms with Crippen LogP contribution in [0.5, 0.6) is 0 Å². The molecule has 1 aliphatic heterocycles. The number of carbonyl (C=O) groups excluding carboxylic acids is 1. The van der Waals surface area contributed by atoms with Gasteiger partial charge >= 0.3 is 0 Å². The first-order valence-electron chi connectivity index (χ1n) is 9.63. The summed E-state index contributed by atoms with van der Waals surface area (Å²) in [5.74, 6) is -0.484. The molecule has 1 saturated heterocycles. The van der Waals surface area contributed by atoms with E-state index < -0.39 is 15.9 Å². The second-order valence-electron chi connectivity index (χ2n) is 7.60. The third-order valence-corrected chi connectivity index (χ3v) is 6.50. The molecular formula is C20H30N4O4S. The number of hydrogen-bond donors (Lipinski definition) is 1. The summed E-state index contributed by atoms with van der Waals surface area (Å²) in [6.07, 6.45) is 4.10. The number of amides is 1. The highest BCUT2D eigenvalue weighted by molar-refractivity contribution is 7.88. The summed E-state index contributed by atoms with van der Waals surface area (Å²) in [4.78, 5) is 12.6. The van der Waals surface area contributed by atoms with E-state index in [1.807, 2.05) is 32.9 Å². The molecule has 2 heterocycles. The molecule has 2 unspecified atom stereocenters. The lowest BCUT2D eigenvalue weighted by molar-refractivity contribution is -0.118. The van der Waals surface area contributed by atoms with E-state index >= 15 is 0 Å². The number of nitrogens with zero attached hydrogens (tertiary/aromatic N) is 3. The van der Waals surface area contributed by atoms with E-state index in [4.69, 9.17) is 4.74 Å². The van der Waals surface area contributed by atoms with Gasteiger partial charge < -0.3 is 14.6 Å². The van der Waals surface area contributed by atoms with E-state index in [9.17, 15) is 18.5 Å². The van der Waals surface area contributed by atoms with Crippen LogP contribution in [-0.4, -0.2) is 62.3 Å². The van der Waals surface area contributed by atoms with E-state index in [0.717, 1.165) is 23.2 Å². The number of aromatic nitrogens is 1. The molecule has 1 fully saturated rings. The summed E-state index contributed by atoms with van der Waals surface area (Å²) < 4.78 is 32.2. The predicted octanol–water partition coefficient (Wildman–Crippen LogP) is 1.76. The van der Waals surface area contributed by atoms with Crippen LogP contribution in [0.15, 0.2) is 11.6 Å². The first-order valence-corrected chi connectivity index (χ1v) is 11.5. The number of hydrogen-bond acceptors (Lipinski definition) is 5. The number of ether oxygens (including phenoxy) is 1. The van der Waals surface area contributed by atoms with Gasteiger partial charge in [0.25, 0.3) is 5.91 Å². The van der Waals surface area contributed by atoms with Gasteiger partial charge in [-0.25, -0.2) is 12.7 Å². The van der Waals surface area contributed by atoms with Crippen LogP contribution in [0.3, 0.4) is 0 Å². The third kappa shape index (κ3) is 5.69. The van der Waals surface area contributed by atoms with Crippen molar-refractivity contribution in [1.82, 2.24) is 14.2 Å². The second-order valence-corrected chi connectivity index (χ2v) is 9.59. The minimum absolute atomic E-state index is 0.00104. The molecule has 160 valence electrons. The summed E-state index contributed by atoms with van der Waals surface area (Å²) in [6, 6.07) is 3.74. The van der Waals surface area contributed by atoms with Gasteiger partial charge in [0.1, 0.15) is 11.6 Å². The van der Waals surface area contributed by atoms with Crippen LogP contribution in [0.2, 0.25) is 0 Å². The minimum atomic E-state index is -3.30. The highest BCUT2D eigenvalue weighted by atomic mass is 32.2. The summed E-state index contributed by atoms with van der Waals surface area (Å²) in [5, 5.41) is 12.3. The third-order valence-electron chi connectivity index (χ3n) is 5.23. The fraction of sp³-hybridized carbons (Fsp3) is 0.600. The lowest BCUT2D eigenvalue weighted by Crippen LogP contribution is -2.49. The van der Waals surface area contributed by atoms with Crippen molar-refractivity contribution in [3.05, 3.63) is 28.6 Å².